The van der Waals surface area contributed by atoms with Gasteiger partial charge in [-0.25, -0.2) is 4.68 Å². The van der Waals surface area contributed by atoms with Crippen molar-refractivity contribution in [1.29, 1.82) is 0 Å². The molecule has 2 nitrogen and oxygen atoms in total. The summed E-state index contributed by atoms with van der Waals surface area (Å²) in [5, 5.41) is 4.94. The molecule has 0 fully saturated rings. The molecule has 0 spiro atoms. The van der Waals surface area contributed by atoms with E-state index in [2.05, 4.69) is 89.3 Å². The van der Waals surface area contributed by atoms with E-state index >= 15 is 0 Å². The Balaban J connectivity index is 2.19. The third kappa shape index (κ3) is 3.07. The average molecular weight is 304 g/mol. The van der Waals surface area contributed by atoms with Gasteiger partial charge in [-0.1, -0.05) is 68.8 Å². The zero-order chi connectivity index (χ0) is 16.6. The Kier molecular flexibility index (Phi) is 3.85. The maximum Gasteiger partial charge on any atom is 0.0760 e. The van der Waals surface area contributed by atoms with Gasteiger partial charge in [0.2, 0.25) is 0 Å². The Morgan fingerprint density at radius 3 is 2.22 bits per heavy atom. The lowest BCUT2D eigenvalue weighted by Gasteiger charge is -2.17. The Morgan fingerprint density at radius 1 is 0.913 bits per heavy atom. The fourth-order valence-corrected chi connectivity index (χ4v) is 2.94. The van der Waals surface area contributed by atoms with Crippen molar-refractivity contribution in [3.8, 4) is 16.8 Å². The zero-order valence-electron chi connectivity index (χ0n) is 14.6. The molecular weight excluding hydrogens is 280 g/mol. The second-order valence-corrected chi connectivity index (χ2v) is 7.24. The number of aryl methyl sites for hydroxylation is 2. The van der Waals surface area contributed by atoms with Gasteiger partial charge in [0.25, 0.3) is 0 Å². The van der Waals surface area contributed by atoms with E-state index in [9.17, 15) is 0 Å². The zero-order valence-corrected chi connectivity index (χ0v) is 14.6. The highest BCUT2D eigenvalue weighted by molar-refractivity contribution is 5.67. The molecule has 0 aliphatic rings. The molecule has 0 atom stereocenters. The highest BCUT2D eigenvalue weighted by atomic mass is 15.3. The minimum Gasteiger partial charge on any atom is -0.240 e. The van der Waals surface area contributed by atoms with Gasteiger partial charge in [0.05, 0.1) is 11.4 Å². The SMILES string of the molecule is Cc1ccc(-n2cc(-c3ccccc3)c(C(C)(C)C)n2)c(C)c1. The third-order valence-electron chi connectivity index (χ3n) is 4.11. The largest absolute Gasteiger partial charge is 0.240 e. The standard InChI is InChI=1S/C21H24N2/c1-15-11-12-19(16(2)13-15)23-14-18(17-9-7-6-8-10-17)20(22-23)21(3,4)5/h6-14H,1-5H3. The predicted octanol–water partition coefficient (Wildman–Crippen LogP) is 5.45. The molecule has 3 aromatic rings. The monoisotopic (exact) mass is 304 g/mol. The fraction of sp³-hybridized carbons (Fsp3) is 0.286. The van der Waals surface area contributed by atoms with E-state index < -0.39 is 0 Å². The van der Waals surface area contributed by atoms with Gasteiger partial charge < -0.3 is 0 Å². The van der Waals surface area contributed by atoms with Crippen molar-refractivity contribution in [2.24, 2.45) is 0 Å². The summed E-state index contributed by atoms with van der Waals surface area (Å²) in [6.07, 6.45) is 2.16. The van der Waals surface area contributed by atoms with Gasteiger partial charge >= 0.3 is 0 Å². The lowest BCUT2D eigenvalue weighted by atomic mass is 9.87. The molecule has 0 radical (unpaired) electrons. The van der Waals surface area contributed by atoms with Crippen LogP contribution in [0.15, 0.2) is 54.7 Å². The van der Waals surface area contributed by atoms with Gasteiger partial charge in [0, 0.05) is 17.2 Å². The minimum atomic E-state index is -0.00493. The van der Waals surface area contributed by atoms with Crippen LogP contribution < -0.4 is 0 Å². The Hall–Kier alpha value is -2.35. The molecule has 0 saturated carbocycles. The summed E-state index contributed by atoms with van der Waals surface area (Å²) in [5.74, 6) is 0. The summed E-state index contributed by atoms with van der Waals surface area (Å²) in [6.45, 7) is 10.9. The molecule has 2 heteroatoms. The van der Waals surface area contributed by atoms with Crippen molar-refractivity contribution >= 4 is 0 Å². The van der Waals surface area contributed by atoms with Crippen molar-refractivity contribution in [2.75, 3.05) is 0 Å². The van der Waals surface area contributed by atoms with Crippen molar-refractivity contribution in [1.82, 2.24) is 9.78 Å². The minimum absolute atomic E-state index is 0.00493. The first-order valence-electron chi connectivity index (χ1n) is 8.09. The summed E-state index contributed by atoms with van der Waals surface area (Å²) >= 11 is 0. The lowest BCUT2D eigenvalue weighted by molar-refractivity contribution is 0.561. The van der Waals surface area contributed by atoms with Crippen LogP contribution >= 0.6 is 0 Å². The molecule has 23 heavy (non-hydrogen) atoms. The van der Waals surface area contributed by atoms with Gasteiger partial charge in [-0.3, -0.25) is 0 Å². The van der Waals surface area contributed by atoms with Crippen LogP contribution in [0.5, 0.6) is 0 Å². The smallest absolute Gasteiger partial charge is 0.0760 e. The molecule has 1 heterocycles. The molecule has 0 N–H and O–H groups in total. The topological polar surface area (TPSA) is 17.8 Å². The van der Waals surface area contributed by atoms with E-state index in [0.29, 0.717) is 0 Å². The van der Waals surface area contributed by atoms with Gasteiger partial charge in [-0.2, -0.15) is 5.10 Å². The number of nitrogens with zero attached hydrogens (tertiary/aromatic N) is 2. The third-order valence-corrected chi connectivity index (χ3v) is 4.11. The van der Waals surface area contributed by atoms with Crippen molar-refractivity contribution < 1.29 is 0 Å². The van der Waals surface area contributed by atoms with Gasteiger partial charge in [-0.05, 0) is 31.0 Å². The highest BCUT2D eigenvalue weighted by Gasteiger charge is 2.23. The number of rotatable bonds is 2. The molecule has 0 amide bonds. The number of aromatic nitrogens is 2. The second kappa shape index (κ2) is 5.69. The first-order chi connectivity index (χ1) is 10.9. The van der Waals surface area contributed by atoms with E-state index in [1.54, 1.807) is 0 Å². The van der Waals surface area contributed by atoms with Crippen LogP contribution in [0.25, 0.3) is 16.8 Å². The van der Waals surface area contributed by atoms with Crippen LogP contribution in [0.1, 0.15) is 37.6 Å². The van der Waals surface area contributed by atoms with E-state index in [1.807, 2.05) is 4.68 Å². The number of hydrogen-bond acceptors (Lipinski definition) is 1. The molecule has 1 aromatic heterocycles. The van der Waals surface area contributed by atoms with Crippen LogP contribution in [0.2, 0.25) is 0 Å². The van der Waals surface area contributed by atoms with Gasteiger partial charge in [-0.15, -0.1) is 0 Å². The molecule has 0 saturated heterocycles. The van der Waals surface area contributed by atoms with Crippen molar-refractivity contribution in [2.45, 2.75) is 40.0 Å². The first kappa shape index (κ1) is 15.5. The molecule has 118 valence electrons. The molecule has 0 unspecified atom stereocenters. The molecule has 3 rings (SSSR count). The summed E-state index contributed by atoms with van der Waals surface area (Å²) in [4.78, 5) is 0. The van der Waals surface area contributed by atoms with Crippen molar-refractivity contribution in [3.05, 3.63) is 71.5 Å². The summed E-state index contributed by atoms with van der Waals surface area (Å²) in [6, 6.07) is 17.0. The maximum absolute atomic E-state index is 4.94. The van der Waals surface area contributed by atoms with Gasteiger partial charge in [0.15, 0.2) is 0 Å². The maximum atomic E-state index is 4.94. The van der Waals surface area contributed by atoms with Gasteiger partial charge in [0.1, 0.15) is 0 Å². The predicted molar refractivity (Wildman–Crippen MR) is 97.2 cm³/mol. The summed E-state index contributed by atoms with van der Waals surface area (Å²) in [5.41, 5.74) is 7.21. The normalized spacial score (nSPS) is 11.7. The molecular formula is C21H24N2. The quantitative estimate of drug-likeness (QED) is 0.615. The number of hydrogen-bond donors (Lipinski definition) is 0. The molecule has 0 bridgehead atoms. The molecule has 0 aliphatic heterocycles. The summed E-state index contributed by atoms with van der Waals surface area (Å²) < 4.78 is 2.03. The summed E-state index contributed by atoms with van der Waals surface area (Å²) in [7, 11) is 0. The second-order valence-electron chi connectivity index (χ2n) is 7.24. The van der Waals surface area contributed by atoms with E-state index in [4.69, 9.17) is 5.10 Å². The first-order valence-corrected chi connectivity index (χ1v) is 8.09. The van der Waals surface area contributed by atoms with Crippen LogP contribution in [0.4, 0.5) is 0 Å². The van der Waals surface area contributed by atoms with Crippen LogP contribution in [-0.4, -0.2) is 9.78 Å². The molecule has 2 aromatic carbocycles. The number of benzene rings is 2. The Morgan fingerprint density at radius 2 is 1.61 bits per heavy atom. The fourth-order valence-electron chi connectivity index (χ4n) is 2.94. The van der Waals surface area contributed by atoms with Crippen LogP contribution in [-0.2, 0) is 5.41 Å². The van der Waals surface area contributed by atoms with E-state index in [0.717, 1.165) is 11.4 Å². The highest BCUT2D eigenvalue weighted by Crippen LogP contribution is 2.33. The molecule has 0 aliphatic carbocycles. The Bertz CT molecular complexity index is 821. The van der Waals surface area contributed by atoms with Crippen molar-refractivity contribution in [3.63, 3.8) is 0 Å². The lowest BCUT2D eigenvalue weighted by Crippen LogP contribution is -2.14. The Labute approximate surface area is 138 Å². The van der Waals surface area contributed by atoms with Crippen LogP contribution in [0.3, 0.4) is 0 Å². The average Bonchev–Trinajstić information content (AvgIpc) is 2.93. The van der Waals surface area contributed by atoms with Crippen LogP contribution in [0, 0.1) is 13.8 Å². The van der Waals surface area contributed by atoms with E-state index in [1.165, 1.54) is 22.3 Å². The van der Waals surface area contributed by atoms with E-state index in [-0.39, 0.29) is 5.41 Å².